The highest BCUT2D eigenvalue weighted by atomic mass is 16.5. The molecule has 1 heterocycles. The summed E-state index contributed by atoms with van der Waals surface area (Å²) in [6.07, 6.45) is 6.19. The lowest BCUT2D eigenvalue weighted by atomic mass is 10.1. The van der Waals surface area contributed by atoms with Crippen molar-refractivity contribution in [3.63, 3.8) is 0 Å². The molecule has 0 spiro atoms. The fourth-order valence-electron chi connectivity index (χ4n) is 2.97. The van der Waals surface area contributed by atoms with Gasteiger partial charge in [-0.15, -0.1) is 0 Å². The number of nitrogens with one attached hydrogen (secondary N) is 1. The van der Waals surface area contributed by atoms with Crippen molar-refractivity contribution in [2.45, 2.75) is 52.2 Å². The highest BCUT2D eigenvalue weighted by molar-refractivity contribution is 5.74. The van der Waals surface area contributed by atoms with Crippen LogP contribution in [0.25, 0.3) is 0 Å². The molecular weight excluding hydrogens is 340 g/mol. The first-order chi connectivity index (χ1) is 12.8. The minimum absolute atomic E-state index is 0.0200. The molecule has 27 heavy (non-hydrogen) atoms. The van der Waals surface area contributed by atoms with Gasteiger partial charge in [0, 0.05) is 31.0 Å². The van der Waals surface area contributed by atoms with Crippen LogP contribution in [0.2, 0.25) is 0 Å². The van der Waals surface area contributed by atoms with Gasteiger partial charge in [0.15, 0.2) is 0 Å². The summed E-state index contributed by atoms with van der Waals surface area (Å²) in [6, 6.07) is 8.01. The number of urea groups is 1. The molecule has 2 aromatic rings. The van der Waals surface area contributed by atoms with Gasteiger partial charge in [0.25, 0.3) is 0 Å². The number of carbonyl (C=O) groups excluding carboxylic acids is 1. The molecule has 0 saturated heterocycles. The van der Waals surface area contributed by atoms with Gasteiger partial charge in [-0.25, -0.2) is 9.78 Å². The molecule has 1 aromatic heterocycles. The number of hydrogen-bond donors (Lipinski definition) is 1. The second-order valence-corrected chi connectivity index (χ2v) is 8.32. The molecule has 0 aliphatic heterocycles. The minimum atomic E-state index is -0.253. The average molecular weight is 370 g/mol. The first-order valence-corrected chi connectivity index (χ1v) is 9.54. The Kier molecular flexibility index (Phi) is 5.73. The van der Waals surface area contributed by atoms with Crippen LogP contribution in [-0.4, -0.2) is 39.7 Å². The van der Waals surface area contributed by atoms with Gasteiger partial charge in [0.1, 0.15) is 11.6 Å². The largest absolute Gasteiger partial charge is 0.497 e. The van der Waals surface area contributed by atoms with E-state index >= 15 is 0 Å². The minimum Gasteiger partial charge on any atom is -0.497 e. The van der Waals surface area contributed by atoms with E-state index in [1.54, 1.807) is 13.3 Å². The Labute approximate surface area is 161 Å². The van der Waals surface area contributed by atoms with E-state index in [1.165, 1.54) is 18.4 Å². The quantitative estimate of drug-likeness (QED) is 0.809. The number of rotatable bonds is 7. The van der Waals surface area contributed by atoms with Crippen LogP contribution in [0.1, 0.15) is 45.0 Å². The number of nitrogens with zero attached hydrogens (tertiary/aromatic N) is 3. The Balaban J connectivity index is 1.70. The second kappa shape index (κ2) is 8.03. The summed E-state index contributed by atoms with van der Waals surface area (Å²) in [5, 5.41) is 3.08. The molecule has 1 aliphatic carbocycles. The summed E-state index contributed by atoms with van der Waals surface area (Å²) in [5.74, 6) is 2.37. The monoisotopic (exact) mass is 370 g/mol. The molecule has 146 valence electrons. The van der Waals surface area contributed by atoms with E-state index in [4.69, 9.17) is 4.74 Å². The molecule has 0 bridgehead atoms. The van der Waals surface area contributed by atoms with Gasteiger partial charge in [-0.05, 0) is 57.2 Å². The van der Waals surface area contributed by atoms with E-state index in [-0.39, 0.29) is 11.6 Å². The Morgan fingerprint density at radius 3 is 2.59 bits per heavy atom. The molecule has 1 N–H and O–H groups in total. The molecule has 1 saturated carbocycles. The number of aromatic nitrogens is 2. The normalized spacial score (nSPS) is 14.1. The number of ether oxygens (including phenoxy) is 1. The van der Waals surface area contributed by atoms with Crippen molar-refractivity contribution >= 4 is 6.03 Å². The summed E-state index contributed by atoms with van der Waals surface area (Å²) < 4.78 is 7.32. The zero-order chi connectivity index (χ0) is 19.4. The molecule has 1 aromatic carbocycles. The zero-order valence-electron chi connectivity index (χ0n) is 16.7. The van der Waals surface area contributed by atoms with E-state index in [2.05, 4.69) is 27.0 Å². The Bertz CT molecular complexity index is 757. The number of amides is 2. The molecule has 6 heteroatoms. The fourth-order valence-corrected chi connectivity index (χ4v) is 2.97. The zero-order valence-corrected chi connectivity index (χ0v) is 16.7. The van der Waals surface area contributed by atoms with Gasteiger partial charge < -0.3 is 19.5 Å². The van der Waals surface area contributed by atoms with E-state index in [9.17, 15) is 4.79 Å². The maximum atomic E-state index is 12.8. The van der Waals surface area contributed by atoms with Gasteiger partial charge in [-0.1, -0.05) is 12.1 Å². The molecule has 6 nitrogen and oxygen atoms in total. The van der Waals surface area contributed by atoms with Crippen LogP contribution in [0.5, 0.6) is 5.75 Å². The predicted octanol–water partition coefficient (Wildman–Crippen LogP) is 3.66. The van der Waals surface area contributed by atoms with Crippen LogP contribution in [0.3, 0.4) is 0 Å². The molecule has 2 amide bonds. The first-order valence-electron chi connectivity index (χ1n) is 9.54. The predicted molar refractivity (Wildman–Crippen MR) is 106 cm³/mol. The van der Waals surface area contributed by atoms with Crippen LogP contribution in [0, 0.1) is 5.92 Å². The third-order valence-electron chi connectivity index (χ3n) is 4.59. The van der Waals surface area contributed by atoms with Crippen molar-refractivity contribution in [1.82, 2.24) is 19.8 Å². The van der Waals surface area contributed by atoms with Crippen LogP contribution in [-0.2, 0) is 13.1 Å². The third kappa shape index (κ3) is 5.74. The molecule has 0 unspecified atom stereocenters. The van der Waals surface area contributed by atoms with Gasteiger partial charge in [-0.3, -0.25) is 0 Å². The molecule has 0 atom stereocenters. The van der Waals surface area contributed by atoms with Gasteiger partial charge in [0.05, 0.1) is 13.7 Å². The number of benzene rings is 1. The van der Waals surface area contributed by atoms with Crippen molar-refractivity contribution in [2.24, 2.45) is 5.92 Å². The summed E-state index contributed by atoms with van der Waals surface area (Å²) in [6.45, 7) is 8.04. The number of methoxy groups -OCH3 is 1. The number of imidazole rings is 1. The van der Waals surface area contributed by atoms with E-state index in [1.807, 2.05) is 44.0 Å². The first kappa shape index (κ1) is 19.3. The summed E-state index contributed by atoms with van der Waals surface area (Å²) in [4.78, 5) is 19.2. The Morgan fingerprint density at radius 1 is 1.30 bits per heavy atom. The van der Waals surface area contributed by atoms with Crippen molar-refractivity contribution in [3.8, 4) is 5.75 Å². The highest BCUT2D eigenvalue weighted by Crippen LogP contribution is 2.30. The lowest BCUT2D eigenvalue weighted by molar-refractivity contribution is 0.181. The lowest BCUT2D eigenvalue weighted by Gasteiger charge is -2.28. The topological polar surface area (TPSA) is 59.4 Å². The van der Waals surface area contributed by atoms with Crippen LogP contribution in [0.15, 0.2) is 36.7 Å². The maximum Gasteiger partial charge on any atom is 0.318 e. The maximum absolute atomic E-state index is 12.8. The van der Waals surface area contributed by atoms with Crippen molar-refractivity contribution in [2.75, 3.05) is 13.7 Å². The van der Waals surface area contributed by atoms with Gasteiger partial charge >= 0.3 is 6.03 Å². The molecule has 0 radical (unpaired) electrons. The molecule has 3 rings (SSSR count). The standard InChI is InChI=1S/C21H30N4O2/c1-21(2,3)23-20(26)25(14-16-5-6-16)15-19-22-11-12-24(19)13-17-7-9-18(27-4)10-8-17/h7-12,16H,5-6,13-15H2,1-4H3,(H,23,26). The van der Waals surface area contributed by atoms with E-state index in [0.717, 1.165) is 24.7 Å². The van der Waals surface area contributed by atoms with Crippen molar-refractivity contribution in [1.29, 1.82) is 0 Å². The van der Waals surface area contributed by atoms with Gasteiger partial charge in [0.2, 0.25) is 0 Å². The van der Waals surface area contributed by atoms with E-state index in [0.29, 0.717) is 12.5 Å². The highest BCUT2D eigenvalue weighted by Gasteiger charge is 2.29. The smallest absolute Gasteiger partial charge is 0.318 e. The van der Waals surface area contributed by atoms with Crippen LogP contribution in [0.4, 0.5) is 4.79 Å². The van der Waals surface area contributed by atoms with Crippen molar-refractivity contribution < 1.29 is 9.53 Å². The van der Waals surface area contributed by atoms with Gasteiger partial charge in [-0.2, -0.15) is 0 Å². The summed E-state index contributed by atoms with van der Waals surface area (Å²) in [7, 11) is 1.67. The van der Waals surface area contributed by atoms with E-state index < -0.39 is 0 Å². The number of carbonyl (C=O) groups is 1. The Morgan fingerprint density at radius 2 is 2.00 bits per heavy atom. The SMILES string of the molecule is COc1ccc(Cn2ccnc2CN(CC2CC2)C(=O)NC(C)(C)C)cc1. The summed E-state index contributed by atoms with van der Waals surface area (Å²) >= 11 is 0. The fraction of sp³-hybridized carbons (Fsp3) is 0.524. The lowest BCUT2D eigenvalue weighted by Crippen LogP contribution is -2.49. The van der Waals surface area contributed by atoms with Crippen LogP contribution < -0.4 is 10.1 Å². The third-order valence-corrected chi connectivity index (χ3v) is 4.59. The Hall–Kier alpha value is -2.50. The average Bonchev–Trinajstić information content (AvgIpc) is 3.32. The van der Waals surface area contributed by atoms with Crippen molar-refractivity contribution in [3.05, 3.63) is 48.0 Å². The second-order valence-electron chi connectivity index (χ2n) is 8.32. The molecule has 1 aliphatic rings. The van der Waals surface area contributed by atoms with Crippen LogP contribution >= 0.6 is 0 Å². The number of hydrogen-bond acceptors (Lipinski definition) is 3. The summed E-state index contributed by atoms with van der Waals surface area (Å²) in [5.41, 5.74) is 0.917. The molecular formula is C21H30N4O2. The molecule has 1 fully saturated rings.